The van der Waals surface area contributed by atoms with Crippen LogP contribution in [0.2, 0.25) is 0 Å². The number of fused-ring (bicyclic) bond motifs is 3. The lowest BCUT2D eigenvalue weighted by molar-refractivity contribution is 0.139. The smallest absolute Gasteiger partial charge is 0.213 e. The van der Waals surface area contributed by atoms with Crippen LogP contribution in [0.15, 0.2) is 53.1 Å². The first kappa shape index (κ1) is 17.6. The van der Waals surface area contributed by atoms with Crippen LogP contribution in [-0.4, -0.2) is 25.9 Å². The van der Waals surface area contributed by atoms with Gasteiger partial charge in [-0.15, -0.1) is 10.2 Å². The summed E-state index contributed by atoms with van der Waals surface area (Å²) in [5.74, 6) is 3.21. The minimum absolute atomic E-state index is 0.225. The van der Waals surface area contributed by atoms with Gasteiger partial charge in [-0.2, -0.15) is 0 Å². The molecule has 2 aromatic heterocycles. The molecule has 3 heterocycles. The maximum atomic E-state index is 6.05. The van der Waals surface area contributed by atoms with Gasteiger partial charge in [0.05, 0.1) is 5.69 Å². The summed E-state index contributed by atoms with van der Waals surface area (Å²) < 4.78 is 9.41. The SMILES string of the molecule is Brc1ccc2c(c1)C=CCc1nnc(C3CCC(Oc4ccccn4)CC3)n1-2. The van der Waals surface area contributed by atoms with Crippen molar-refractivity contribution in [2.24, 2.45) is 0 Å². The van der Waals surface area contributed by atoms with Crippen molar-refractivity contribution in [1.29, 1.82) is 0 Å². The highest BCUT2D eigenvalue weighted by Crippen LogP contribution is 2.36. The van der Waals surface area contributed by atoms with E-state index in [4.69, 9.17) is 4.74 Å². The third kappa shape index (κ3) is 3.37. The van der Waals surface area contributed by atoms with Crippen LogP contribution in [0, 0.1) is 0 Å². The van der Waals surface area contributed by atoms with Gasteiger partial charge in [0.25, 0.3) is 0 Å². The summed E-state index contributed by atoms with van der Waals surface area (Å²) in [6.45, 7) is 0. The van der Waals surface area contributed by atoms with E-state index >= 15 is 0 Å². The Hall–Kier alpha value is -2.47. The Morgan fingerprint density at radius 1 is 1.04 bits per heavy atom. The predicted molar refractivity (Wildman–Crippen MR) is 112 cm³/mol. The zero-order chi connectivity index (χ0) is 18.9. The molecule has 0 spiro atoms. The molecule has 5 rings (SSSR count). The van der Waals surface area contributed by atoms with E-state index in [2.05, 4.69) is 66.0 Å². The van der Waals surface area contributed by atoms with Crippen LogP contribution in [0.1, 0.15) is 48.8 Å². The first-order valence-corrected chi connectivity index (χ1v) is 10.6. The zero-order valence-corrected chi connectivity index (χ0v) is 17.0. The first-order valence-electron chi connectivity index (χ1n) is 9.76. The third-order valence-electron chi connectivity index (χ3n) is 5.55. The summed E-state index contributed by atoms with van der Waals surface area (Å²) in [5, 5.41) is 9.12. The first-order chi connectivity index (χ1) is 13.8. The Labute approximate surface area is 172 Å². The van der Waals surface area contributed by atoms with Crippen molar-refractivity contribution in [3.8, 4) is 11.6 Å². The van der Waals surface area contributed by atoms with Crippen molar-refractivity contribution in [2.45, 2.75) is 44.1 Å². The number of benzene rings is 1. The molecule has 0 unspecified atom stereocenters. The van der Waals surface area contributed by atoms with Crippen LogP contribution in [0.25, 0.3) is 11.8 Å². The van der Waals surface area contributed by atoms with E-state index in [0.29, 0.717) is 11.8 Å². The molecule has 0 saturated heterocycles. The number of halogens is 1. The van der Waals surface area contributed by atoms with Gasteiger partial charge < -0.3 is 4.74 Å². The molecular formula is C22H21BrN4O. The van der Waals surface area contributed by atoms with E-state index in [-0.39, 0.29) is 6.10 Å². The van der Waals surface area contributed by atoms with Crippen molar-refractivity contribution in [3.05, 3.63) is 70.4 Å². The number of nitrogens with zero attached hydrogens (tertiary/aromatic N) is 4. The number of pyridine rings is 1. The molecule has 0 amide bonds. The molecule has 1 aliphatic carbocycles. The number of ether oxygens (including phenoxy) is 1. The lowest BCUT2D eigenvalue weighted by atomic mass is 9.86. The van der Waals surface area contributed by atoms with Crippen LogP contribution in [0.3, 0.4) is 0 Å². The monoisotopic (exact) mass is 436 g/mol. The Morgan fingerprint density at radius 2 is 1.93 bits per heavy atom. The van der Waals surface area contributed by atoms with Gasteiger partial charge in [0.1, 0.15) is 17.8 Å². The van der Waals surface area contributed by atoms with Crippen molar-refractivity contribution in [3.63, 3.8) is 0 Å². The average molecular weight is 437 g/mol. The maximum absolute atomic E-state index is 6.05. The number of rotatable bonds is 3. The van der Waals surface area contributed by atoms with Crippen LogP contribution in [0.4, 0.5) is 0 Å². The fourth-order valence-corrected chi connectivity index (χ4v) is 4.55. The Bertz CT molecular complexity index is 1010. The normalized spacial score (nSPS) is 20.9. The van der Waals surface area contributed by atoms with Gasteiger partial charge in [0, 0.05) is 29.1 Å². The van der Waals surface area contributed by atoms with Crippen LogP contribution < -0.4 is 4.74 Å². The molecule has 28 heavy (non-hydrogen) atoms. The van der Waals surface area contributed by atoms with Crippen LogP contribution in [0.5, 0.6) is 5.88 Å². The lowest BCUT2D eigenvalue weighted by Gasteiger charge is -2.28. The fraction of sp³-hybridized carbons (Fsp3) is 0.318. The van der Waals surface area contributed by atoms with Gasteiger partial charge in [0.15, 0.2) is 0 Å². The molecule has 3 aromatic rings. The summed E-state index contributed by atoms with van der Waals surface area (Å²) >= 11 is 3.58. The third-order valence-corrected chi connectivity index (χ3v) is 6.04. The summed E-state index contributed by atoms with van der Waals surface area (Å²) in [4.78, 5) is 4.28. The molecule has 1 aliphatic heterocycles. The minimum atomic E-state index is 0.225. The van der Waals surface area contributed by atoms with E-state index < -0.39 is 0 Å². The molecule has 2 aliphatic rings. The largest absolute Gasteiger partial charge is 0.474 e. The summed E-state index contributed by atoms with van der Waals surface area (Å²) in [5.41, 5.74) is 2.36. The summed E-state index contributed by atoms with van der Waals surface area (Å²) in [7, 11) is 0. The van der Waals surface area contributed by atoms with E-state index in [0.717, 1.165) is 48.2 Å². The van der Waals surface area contributed by atoms with Gasteiger partial charge in [0.2, 0.25) is 5.88 Å². The van der Waals surface area contributed by atoms with E-state index in [1.54, 1.807) is 6.20 Å². The molecule has 6 heteroatoms. The Kier molecular flexibility index (Phi) is 4.72. The lowest BCUT2D eigenvalue weighted by Crippen LogP contribution is -2.25. The van der Waals surface area contributed by atoms with Crippen molar-refractivity contribution in [2.75, 3.05) is 0 Å². The molecular weight excluding hydrogens is 416 g/mol. The molecule has 142 valence electrons. The second-order valence-corrected chi connectivity index (χ2v) is 8.29. The van der Waals surface area contributed by atoms with E-state index in [1.165, 1.54) is 11.3 Å². The maximum Gasteiger partial charge on any atom is 0.213 e. The molecule has 1 aromatic carbocycles. The van der Waals surface area contributed by atoms with Crippen LogP contribution >= 0.6 is 15.9 Å². The van der Waals surface area contributed by atoms with Crippen LogP contribution in [-0.2, 0) is 6.42 Å². The second kappa shape index (κ2) is 7.51. The van der Waals surface area contributed by atoms with Gasteiger partial charge in [-0.3, -0.25) is 4.57 Å². The number of allylic oxidation sites excluding steroid dienone is 1. The van der Waals surface area contributed by atoms with E-state index in [1.807, 2.05) is 18.2 Å². The Morgan fingerprint density at radius 3 is 2.75 bits per heavy atom. The van der Waals surface area contributed by atoms with Gasteiger partial charge >= 0.3 is 0 Å². The number of hydrogen-bond donors (Lipinski definition) is 0. The standard InChI is InChI=1S/C22H21BrN4O/c23-17-9-12-19-16(14-17)4-3-5-20-25-26-22(27(19)20)15-7-10-18(11-8-15)28-21-6-1-2-13-24-21/h1-4,6,9,12-15,18H,5,7-8,10-11H2. The highest BCUT2D eigenvalue weighted by Gasteiger charge is 2.29. The van der Waals surface area contributed by atoms with Crippen molar-refractivity contribution < 1.29 is 4.74 Å². The molecule has 0 bridgehead atoms. The molecule has 0 radical (unpaired) electrons. The second-order valence-electron chi connectivity index (χ2n) is 7.38. The van der Waals surface area contributed by atoms with Gasteiger partial charge in [-0.05, 0) is 55.5 Å². The molecule has 0 N–H and O–H groups in total. The van der Waals surface area contributed by atoms with E-state index in [9.17, 15) is 0 Å². The van der Waals surface area contributed by atoms with Crippen molar-refractivity contribution >= 4 is 22.0 Å². The Balaban J connectivity index is 1.37. The molecule has 1 saturated carbocycles. The van der Waals surface area contributed by atoms with Gasteiger partial charge in [-0.1, -0.05) is 34.1 Å². The van der Waals surface area contributed by atoms with Gasteiger partial charge in [-0.25, -0.2) is 4.98 Å². The summed E-state index contributed by atoms with van der Waals surface area (Å²) in [6, 6.07) is 12.2. The molecule has 1 fully saturated rings. The van der Waals surface area contributed by atoms with Crippen molar-refractivity contribution in [1.82, 2.24) is 19.7 Å². The fourth-order valence-electron chi connectivity index (χ4n) is 4.17. The quantitative estimate of drug-likeness (QED) is 0.572. The highest BCUT2D eigenvalue weighted by atomic mass is 79.9. The molecule has 5 nitrogen and oxygen atoms in total. The molecule has 0 atom stereocenters. The zero-order valence-electron chi connectivity index (χ0n) is 15.5. The topological polar surface area (TPSA) is 52.8 Å². The average Bonchev–Trinajstić information content (AvgIpc) is 3.05. The summed E-state index contributed by atoms with van der Waals surface area (Å²) in [6.07, 6.45) is 11.3. The number of hydrogen-bond acceptors (Lipinski definition) is 4. The number of aromatic nitrogens is 4. The minimum Gasteiger partial charge on any atom is -0.474 e. The highest BCUT2D eigenvalue weighted by molar-refractivity contribution is 9.10. The predicted octanol–water partition coefficient (Wildman–Crippen LogP) is 5.10.